The number of aliphatic hydroxyl groups excluding tert-OH is 3. The highest BCUT2D eigenvalue weighted by atomic mass is 35.5. The van der Waals surface area contributed by atoms with Crippen molar-refractivity contribution in [1.82, 2.24) is 9.55 Å². The van der Waals surface area contributed by atoms with Gasteiger partial charge >= 0.3 is 0 Å². The summed E-state index contributed by atoms with van der Waals surface area (Å²) in [5.74, 6) is 0. The molecule has 0 aliphatic carbocycles. The summed E-state index contributed by atoms with van der Waals surface area (Å²) in [6.45, 7) is -0.376. The Labute approximate surface area is 113 Å². The Bertz CT molecular complexity index is 602. The molecule has 1 aromatic carbocycles. The molecule has 102 valence electrons. The van der Waals surface area contributed by atoms with Crippen molar-refractivity contribution in [3.05, 3.63) is 29.5 Å². The zero-order valence-electron chi connectivity index (χ0n) is 9.85. The van der Waals surface area contributed by atoms with Gasteiger partial charge in [-0.2, -0.15) is 0 Å². The van der Waals surface area contributed by atoms with E-state index in [1.165, 1.54) is 4.57 Å². The molecule has 1 aliphatic rings. The molecule has 19 heavy (non-hydrogen) atoms. The average molecular weight is 285 g/mol. The maximum Gasteiger partial charge on any atom is 0.205 e. The van der Waals surface area contributed by atoms with Crippen LogP contribution in [0.15, 0.2) is 24.3 Å². The number of hydrogen-bond donors (Lipinski definition) is 3. The van der Waals surface area contributed by atoms with Crippen molar-refractivity contribution in [3.63, 3.8) is 0 Å². The molecule has 7 heteroatoms. The lowest BCUT2D eigenvalue weighted by Gasteiger charge is -2.18. The summed E-state index contributed by atoms with van der Waals surface area (Å²) < 4.78 is 6.97. The first-order valence-electron chi connectivity index (χ1n) is 5.88. The highest BCUT2D eigenvalue weighted by molar-refractivity contribution is 6.29. The quantitative estimate of drug-likeness (QED) is 0.738. The fourth-order valence-electron chi connectivity index (χ4n) is 2.35. The number of imidazole rings is 1. The predicted molar refractivity (Wildman–Crippen MR) is 67.8 cm³/mol. The topological polar surface area (TPSA) is 87.7 Å². The van der Waals surface area contributed by atoms with Crippen molar-refractivity contribution in [1.29, 1.82) is 0 Å². The largest absolute Gasteiger partial charge is 0.394 e. The van der Waals surface area contributed by atoms with Gasteiger partial charge in [-0.1, -0.05) is 12.1 Å². The van der Waals surface area contributed by atoms with Crippen LogP contribution in [0.4, 0.5) is 0 Å². The van der Waals surface area contributed by atoms with Crippen molar-refractivity contribution in [2.45, 2.75) is 24.5 Å². The second-order valence-corrected chi connectivity index (χ2v) is 4.81. The zero-order chi connectivity index (χ0) is 13.6. The summed E-state index contributed by atoms with van der Waals surface area (Å²) in [5.41, 5.74) is 1.37. The van der Waals surface area contributed by atoms with Crippen LogP contribution in [-0.4, -0.2) is 49.8 Å². The number of rotatable bonds is 2. The molecule has 0 amide bonds. The van der Waals surface area contributed by atoms with E-state index in [1.54, 1.807) is 12.1 Å². The molecule has 1 fully saturated rings. The van der Waals surface area contributed by atoms with E-state index in [4.69, 9.17) is 21.4 Å². The average Bonchev–Trinajstić information content (AvgIpc) is 2.88. The Morgan fingerprint density at radius 3 is 2.68 bits per heavy atom. The van der Waals surface area contributed by atoms with Crippen molar-refractivity contribution in [2.75, 3.05) is 6.61 Å². The number of halogens is 1. The highest BCUT2D eigenvalue weighted by Gasteiger charge is 2.44. The highest BCUT2D eigenvalue weighted by Crippen LogP contribution is 2.34. The summed E-state index contributed by atoms with van der Waals surface area (Å²) in [5, 5.41) is 29.1. The molecular formula is C12H13ClN2O4. The third kappa shape index (κ3) is 1.92. The molecule has 0 saturated carbocycles. The molecule has 3 rings (SSSR count). The van der Waals surface area contributed by atoms with Gasteiger partial charge in [0.1, 0.15) is 18.3 Å². The van der Waals surface area contributed by atoms with Gasteiger partial charge in [0.2, 0.25) is 5.28 Å². The fourth-order valence-corrected chi connectivity index (χ4v) is 2.63. The van der Waals surface area contributed by atoms with Gasteiger partial charge in [0.05, 0.1) is 17.6 Å². The predicted octanol–water partition coefficient (Wildman–Crippen LogP) is 0.301. The molecule has 1 aromatic heterocycles. The summed E-state index contributed by atoms with van der Waals surface area (Å²) in [6.07, 6.45) is -4.04. The monoisotopic (exact) mass is 284 g/mol. The van der Waals surface area contributed by atoms with Crippen LogP contribution in [0.1, 0.15) is 6.23 Å². The number of aliphatic hydroxyl groups is 3. The Morgan fingerprint density at radius 2 is 2.00 bits per heavy atom. The number of para-hydroxylation sites is 2. The number of benzene rings is 1. The van der Waals surface area contributed by atoms with Crippen molar-refractivity contribution in [2.24, 2.45) is 0 Å². The van der Waals surface area contributed by atoms with E-state index >= 15 is 0 Å². The lowest BCUT2D eigenvalue weighted by atomic mass is 10.1. The first-order chi connectivity index (χ1) is 9.13. The van der Waals surface area contributed by atoms with E-state index in [9.17, 15) is 10.2 Å². The molecule has 0 spiro atoms. The van der Waals surface area contributed by atoms with Crippen LogP contribution in [0.2, 0.25) is 5.28 Å². The van der Waals surface area contributed by atoms with E-state index in [2.05, 4.69) is 4.98 Å². The minimum absolute atomic E-state index is 0.163. The maximum atomic E-state index is 10.0. The molecule has 6 nitrogen and oxygen atoms in total. The summed E-state index contributed by atoms with van der Waals surface area (Å²) in [6, 6.07) is 7.23. The molecule has 0 unspecified atom stereocenters. The van der Waals surface area contributed by atoms with E-state index < -0.39 is 24.5 Å². The van der Waals surface area contributed by atoms with Crippen LogP contribution in [0, 0.1) is 0 Å². The smallest absolute Gasteiger partial charge is 0.205 e. The molecule has 1 aliphatic heterocycles. The molecule has 2 aromatic rings. The molecule has 4 atom stereocenters. The van der Waals surface area contributed by atoms with Crippen LogP contribution in [0.3, 0.4) is 0 Å². The Hall–Kier alpha value is -1.18. The van der Waals surface area contributed by atoms with Crippen LogP contribution in [0.25, 0.3) is 11.0 Å². The molecular weight excluding hydrogens is 272 g/mol. The van der Waals surface area contributed by atoms with Crippen LogP contribution in [-0.2, 0) is 4.74 Å². The van der Waals surface area contributed by atoms with Gasteiger partial charge in [0, 0.05) is 0 Å². The van der Waals surface area contributed by atoms with Crippen molar-refractivity contribution >= 4 is 22.6 Å². The number of fused-ring (bicyclic) bond motifs is 1. The van der Waals surface area contributed by atoms with Gasteiger partial charge in [0.15, 0.2) is 6.23 Å². The maximum absolute atomic E-state index is 10.0. The Balaban J connectivity index is 2.07. The molecule has 0 bridgehead atoms. The van der Waals surface area contributed by atoms with Gasteiger partial charge < -0.3 is 20.1 Å². The molecule has 1 saturated heterocycles. The van der Waals surface area contributed by atoms with E-state index in [0.717, 1.165) is 0 Å². The van der Waals surface area contributed by atoms with Gasteiger partial charge in [-0.3, -0.25) is 4.57 Å². The van der Waals surface area contributed by atoms with Gasteiger partial charge in [-0.25, -0.2) is 4.98 Å². The van der Waals surface area contributed by atoms with Gasteiger partial charge in [-0.15, -0.1) is 0 Å². The van der Waals surface area contributed by atoms with Crippen LogP contribution in [0.5, 0.6) is 0 Å². The van der Waals surface area contributed by atoms with E-state index in [0.29, 0.717) is 11.0 Å². The zero-order valence-corrected chi connectivity index (χ0v) is 10.6. The van der Waals surface area contributed by atoms with E-state index in [-0.39, 0.29) is 11.9 Å². The number of nitrogens with zero attached hydrogens (tertiary/aromatic N) is 2. The first-order valence-corrected chi connectivity index (χ1v) is 6.26. The Kier molecular flexibility index (Phi) is 3.20. The second-order valence-electron chi connectivity index (χ2n) is 4.47. The molecule has 2 heterocycles. The number of ether oxygens (including phenoxy) is 1. The minimum atomic E-state index is -1.17. The SMILES string of the molecule is OC[C@H]1O[C@@H](n2c(Cl)nc3ccccc32)[C@H](O)[C@@H]1O. The third-order valence-electron chi connectivity index (χ3n) is 3.32. The second kappa shape index (κ2) is 4.73. The normalized spacial score (nSPS) is 31.2. The minimum Gasteiger partial charge on any atom is -0.394 e. The number of hydrogen-bond acceptors (Lipinski definition) is 5. The molecule has 3 N–H and O–H groups in total. The summed E-state index contributed by atoms with van der Waals surface area (Å²) in [4.78, 5) is 4.16. The first kappa shape index (κ1) is 12.8. The van der Waals surface area contributed by atoms with E-state index in [1.807, 2.05) is 12.1 Å². The van der Waals surface area contributed by atoms with Crippen LogP contribution >= 0.6 is 11.6 Å². The van der Waals surface area contributed by atoms with Gasteiger partial charge in [-0.05, 0) is 23.7 Å². The summed E-state index contributed by atoms with van der Waals surface area (Å²) >= 11 is 6.07. The third-order valence-corrected chi connectivity index (χ3v) is 3.59. The van der Waals surface area contributed by atoms with Gasteiger partial charge in [0.25, 0.3) is 0 Å². The number of aromatic nitrogens is 2. The Morgan fingerprint density at radius 1 is 1.26 bits per heavy atom. The van der Waals surface area contributed by atoms with Crippen molar-refractivity contribution in [3.8, 4) is 0 Å². The molecule has 0 radical (unpaired) electrons. The van der Waals surface area contributed by atoms with Crippen molar-refractivity contribution < 1.29 is 20.1 Å². The standard InChI is InChI=1S/C12H13ClN2O4/c13-12-14-6-3-1-2-4-7(6)15(12)11-10(18)9(17)8(5-16)19-11/h1-4,8-11,16-18H,5H2/t8-,9-,10-,11-/m1/s1. The lowest BCUT2D eigenvalue weighted by molar-refractivity contribution is -0.0507. The van der Waals surface area contributed by atoms with Crippen LogP contribution < -0.4 is 0 Å². The summed E-state index contributed by atoms with van der Waals surface area (Å²) in [7, 11) is 0. The fraction of sp³-hybridized carbons (Fsp3) is 0.417. The lowest BCUT2D eigenvalue weighted by Crippen LogP contribution is -2.33.